The highest BCUT2D eigenvalue weighted by Gasteiger charge is 2.33. The topological polar surface area (TPSA) is 69.7 Å². The first kappa shape index (κ1) is 30.6. The second-order valence-electron chi connectivity index (χ2n) is 11.3. The summed E-state index contributed by atoms with van der Waals surface area (Å²) in [6, 6.07) is 25.7. The first-order chi connectivity index (χ1) is 20.7. The molecule has 0 saturated carbocycles. The Bertz CT molecular complexity index is 1610. The molecule has 0 spiro atoms. The number of benzene rings is 4. The molecule has 1 heterocycles. The predicted octanol–water partition coefficient (Wildman–Crippen LogP) is 7.30. The highest BCUT2D eigenvalue weighted by Crippen LogP contribution is 2.37. The number of carbonyl (C=O) groups is 3. The first-order valence-corrected chi connectivity index (χ1v) is 15.4. The smallest absolute Gasteiger partial charge is 0.258 e. The second-order valence-corrected chi connectivity index (χ2v) is 12.1. The van der Waals surface area contributed by atoms with Gasteiger partial charge in [-0.1, -0.05) is 97.7 Å². The Hall–Kier alpha value is -3.87. The van der Waals surface area contributed by atoms with Crippen LogP contribution >= 0.6 is 23.2 Å². The minimum absolute atomic E-state index is 0.0611. The van der Waals surface area contributed by atoms with Crippen molar-refractivity contribution in [2.24, 2.45) is 5.92 Å². The first-order valence-electron chi connectivity index (χ1n) is 14.6. The minimum atomic E-state index is -0.785. The molecule has 0 aromatic heterocycles. The fraction of sp³-hybridized carbons (Fsp3) is 0.286. The molecule has 222 valence electrons. The van der Waals surface area contributed by atoms with Gasteiger partial charge in [0.25, 0.3) is 5.91 Å². The maximum atomic E-state index is 14.1. The summed E-state index contributed by atoms with van der Waals surface area (Å²) in [5.74, 6) is -0.256. The maximum Gasteiger partial charge on any atom is 0.258 e. The lowest BCUT2D eigenvalue weighted by Gasteiger charge is -2.32. The van der Waals surface area contributed by atoms with Crippen LogP contribution in [0.25, 0.3) is 10.8 Å². The molecule has 0 fully saturated rings. The molecule has 8 heteroatoms. The van der Waals surface area contributed by atoms with Crippen molar-refractivity contribution in [3.63, 3.8) is 0 Å². The molecule has 43 heavy (non-hydrogen) atoms. The predicted molar refractivity (Wildman–Crippen MR) is 174 cm³/mol. The van der Waals surface area contributed by atoms with Gasteiger partial charge in [-0.3, -0.25) is 14.4 Å². The molecule has 0 aliphatic carbocycles. The van der Waals surface area contributed by atoms with E-state index in [1.54, 1.807) is 28.0 Å². The van der Waals surface area contributed by atoms with Gasteiger partial charge in [0.05, 0.1) is 5.69 Å². The molecule has 1 atom stereocenters. The number of halogens is 2. The molecule has 6 nitrogen and oxygen atoms in total. The summed E-state index contributed by atoms with van der Waals surface area (Å²) in [5, 5.41) is 5.85. The summed E-state index contributed by atoms with van der Waals surface area (Å²) in [7, 11) is 0. The van der Waals surface area contributed by atoms with E-state index in [0.29, 0.717) is 47.1 Å². The van der Waals surface area contributed by atoms with Gasteiger partial charge in [0, 0.05) is 59.0 Å². The molecular weight excluding hydrogens is 581 g/mol. The molecule has 3 amide bonds. The van der Waals surface area contributed by atoms with Crippen LogP contribution in [0.3, 0.4) is 0 Å². The largest absolute Gasteiger partial charge is 0.354 e. The second kappa shape index (κ2) is 13.6. The van der Waals surface area contributed by atoms with Crippen molar-refractivity contribution in [3.8, 4) is 0 Å². The zero-order valence-corrected chi connectivity index (χ0v) is 25.9. The van der Waals surface area contributed by atoms with E-state index in [0.717, 1.165) is 22.0 Å². The van der Waals surface area contributed by atoms with E-state index in [2.05, 4.69) is 5.32 Å². The monoisotopic (exact) mass is 615 g/mol. The lowest BCUT2D eigenvalue weighted by molar-refractivity contribution is -0.141. The van der Waals surface area contributed by atoms with Gasteiger partial charge in [0.2, 0.25) is 11.8 Å². The van der Waals surface area contributed by atoms with Crippen LogP contribution in [0.15, 0.2) is 84.9 Å². The molecule has 4 aromatic rings. The molecular formula is C35H35Cl2N3O3. The van der Waals surface area contributed by atoms with Crippen molar-refractivity contribution < 1.29 is 14.4 Å². The van der Waals surface area contributed by atoms with Gasteiger partial charge in [-0.15, -0.1) is 0 Å². The number of anilines is 1. The average molecular weight is 617 g/mol. The van der Waals surface area contributed by atoms with E-state index in [1.165, 1.54) is 0 Å². The van der Waals surface area contributed by atoms with Gasteiger partial charge in [0.1, 0.15) is 6.04 Å². The van der Waals surface area contributed by atoms with E-state index < -0.39 is 6.04 Å². The number of hydrogen-bond acceptors (Lipinski definition) is 3. The zero-order chi connectivity index (χ0) is 30.5. The van der Waals surface area contributed by atoms with Crippen molar-refractivity contribution in [2.75, 3.05) is 18.0 Å². The lowest BCUT2D eigenvalue weighted by Crippen LogP contribution is -2.51. The van der Waals surface area contributed by atoms with Crippen molar-refractivity contribution in [1.29, 1.82) is 0 Å². The SMILES string of the molecule is CC(C)CNC(=O)C(Cc1ccccc1)N(Cc1c(Cl)cccc1Cl)C(=O)CCCN1C(=O)c2cccc3cccc1c23. The third kappa shape index (κ3) is 6.87. The molecule has 1 aliphatic heterocycles. The van der Waals surface area contributed by atoms with E-state index >= 15 is 0 Å². The van der Waals surface area contributed by atoms with Gasteiger partial charge < -0.3 is 15.1 Å². The molecule has 0 radical (unpaired) electrons. The van der Waals surface area contributed by atoms with Crippen molar-refractivity contribution in [2.45, 2.75) is 45.7 Å². The van der Waals surface area contributed by atoms with E-state index in [-0.39, 0.29) is 36.6 Å². The number of hydrogen-bond donors (Lipinski definition) is 1. The summed E-state index contributed by atoms with van der Waals surface area (Å²) in [6.07, 6.45) is 0.898. The third-order valence-electron chi connectivity index (χ3n) is 7.77. The highest BCUT2D eigenvalue weighted by molar-refractivity contribution is 6.36. The Labute approximate surface area is 262 Å². The Kier molecular flexibility index (Phi) is 9.69. The summed E-state index contributed by atoms with van der Waals surface area (Å²) in [4.78, 5) is 44.4. The lowest BCUT2D eigenvalue weighted by atomic mass is 10.0. The van der Waals surface area contributed by atoms with Crippen LogP contribution in [-0.4, -0.2) is 41.8 Å². The molecule has 5 rings (SSSR count). The van der Waals surface area contributed by atoms with Crippen LogP contribution in [0.4, 0.5) is 5.69 Å². The number of nitrogens with zero attached hydrogens (tertiary/aromatic N) is 2. The summed E-state index contributed by atoms with van der Waals surface area (Å²) < 4.78 is 0. The summed E-state index contributed by atoms with van der Waals surface area (Å²) in [5.41, 5.74) is 3.06. The average Bonchev–Trinajstić information content (AvgIpc) is 3.27. The molecule has 0 bridgehead atoms. The Balaban J connectivity index is 1.40. The van der Waals surface area contributed by atoms with Crippen LogP contribution in [0.5, 0.6) is 0 Å². The number of nitrogens with one attached hydrogen (secondary N) is 1. The fourth-order valence-electron chi connectivity index (χ4n) is 5.56. The van der Waals surface area contributed by atoms with Gasteiger partial charge in [-0.05, 0) is 47.6 Å². The van der Waals surface area contributed by atoms with Crippen molar-refractivity contribution in [1.82, 2.24) is 10.2 Å². The molecule has 1 aliphatic rings. The minimum Gasteiger partial charge on any atom is -0.354 e. The molecule has 0 saturated heterocycles. The fourth-order valence-corrected chi connectivity index (χ4v) is 6.08. The quantitative estimate of drug-likeness (QED) is 0.182. The van der Waals surface area contributed by atoms with E-state index in [1.807, 2.05) is 80.6 Å². The van der Waals surface area contributed by atoms with Crippen LogP contribution < -0.4 is 10.2 Å². The molecule has 1 N–H and O–H groups in total. The Morgan fingerprint density at radius 1 is 0.884 bits per heavy atom. The Morgan fingerprint density at radius 2 is 1.56 bits per heavy atom. The van der Waals surface area contributed by atoms with Gasteiger partial charge in [-0.2, -0.15) is 0 Å². The van der Waals surface area contributed by atoms with E-state index in [9.17, 15) is 14.4 Å². The van der Waals surface area contributed by atoms with E-state index in [4.69, 9.17) is 23.2 Å². The van der Waals surface area contributed by atoms with Gasteiger partial charge >= 0.3 is 0 Å². The zero-order valence-electron chi connectivity index (χ0n) is 24.4. The summed E-state index contributed by atoms with van der Waals surface area (Å²) >= 11 is 13.1. The van der Waals surface area contributed by atoms with Crippen LogP contribution in [-0.2, 0) is 22.6 Å². The van der Waals surface area contributed by atoms with Crippen LogP contribution in [0, 0.1) is 5.92 Å². The highest BCUT2D eigenvalue weighted by atomic mass is 35.5. The standard InChI is InChI=1S/C35H35Cl2N3O3/c1-23(2)21-38-34(42)31(20-24-10-4-3-5-11-24)40(22-27-28(36)15-8-16-29(27)37)32(41)18-9-19-39-30-17-7-13-25-12-6-14-26(33(25)30)35(39)43/h3-8,10-17,23,31H,9,18-22H2,1-2H3,(H,38,42). The number of amides is 3. The van der Waals surface area contributed by atoms with Crippen molar-refractivity contribution in [3.05, 3.63) is 112 Å². The Morgan fingerprint density at radius 3 is 2.26 bits per heavy atom. The van der Waals surface area contributed by atoms with Crippen LogP contribution in [0.2, 0.25) is 10.0 Å². The normalized spacial score (nSPS) is 13.0. The maximum absolute atomic E-state index is 14.1. The number of rotatable bonds is 12. The van der Waals surface area contributed by atoms with Gasteiger partial charge in [0.15, 0.2) is 0 Å². The number of carbonyl (C=O) groups excluding carboxylic acids is 3. The van der Waals surface area contributed by atoms with Crippen LogP contribution in [0.1, 0.15) is 48.2 Å². The summed E-state index contributed by atoms with van der Waals surface area (Å²) in [6.45, 7) is 5.00. The molecule has 4 aromatic carbocycles. The van der Waals surface area contributed by atoms with Gasteiger partial charge in [-0.25, -0.2) is 0 Å². The third-order valence-corrected chi connectivity index (χ3v) is 8.48. The van der Waals surface area contributed by atoms with Crippen molar-refractivity contribution >= 4 is 57.4 Å². The molecule has 1 unspecified atom stereocenters.